The number of hydrogen-bond donors (Lipinski definition) is 2. The molecule has 7 nitrogen and oxygen atoms in total. The first kappa shape index (κ1) is 17.0. The molecule has 0 radical (unpaired) electrons. The number of piperidine rings is 2. The quantitative estimate of drug-likeness (QED) is 0.773. The van der Waals surface area contributed by atoms with Gasteiger partial charge in [-0.2, -0.15) is 0 Å². The zero-order valence-electron chi connectivity index (χ0n) is 13.8. The summed E-state index contributed by atoms with van der Waals surface area (Å²) in [6, 6.07) is 0.523. The number of carbonyl (C=O) groups excluding carboxylic acids is 1. The number of carbonyl (C=O) groups is 1. The molecule has 3 heterocycles. The van der Waals surface area contributed by atoms with Gasteiger partial charge in [0.05, 0.1) is 6.26 Å². The molecule has 3 aliphatic heterocycles. The largest absolute Gasteiger partial charge is 0.334 e. The lowest BCUT2D eigenvalue weighted by molar-refractivity contribution is 0.157. The van der Waals surface area contributed by atoms with Crippen LogP contribution in [-0.4, -0.2) is 74.8 Å². The maximum atomic E-state index is 12.6. The minimum Gasteiger partial charge on any atom is -0.334 e. The number of hydrogen-bond acceptors (Lipinski definition) is 4. The van der Waals surface area contributed by atoms with E-state index < -0.39 is 10.0 Å². The predicted octanol–water partition coefficient (Wildman–Crippen LogP) is 0.336. The molecular weight excluding hydrogens is 316 g/mol. The topological polar surface area (TPSA) is 81.8 Å². The SMILES string of the molecule is CS(=O)(=O)N[C@@H]1CCCN(C(=O)N[C@@H]2CCN3CCCC[C@H]23)C1. The molecule has 0 spiro atoms. The normalized spacial score (nSPS) is 32.6. The minimum absolute atomic E-state index is 0.0394. The van der Waals surface area contributed by atoms with Crippen molar-refractivity contribution in [3.05, 3.63) is 0 Å². The van der Waals surface area contributed by atoms with E-state index in [-0.39, 0.29) is 18.1 Å². The highest BCUT2D eigenvalue weighted by molar-refractivity contribution is 7.88. The van der Waals surface area contributed by atoms with Crippen LogP contribution in [0.3, 0.4) is 0 Å². The maximum absolute atomic E-state index is 12.6. The lowest BCUT2D eigenvalue weighted by atomic mass is 9.99. The summed E-state index contributed by atoms with van der Waals surface area (Å²) >= 11 is 0. The van der Waals surface area contributed by atoms with Gasteiger partial charge in [0, 0.05) is 37.8 Å². The third-order valence-corrected chi connectivity index (χ3v) is 6.02. The van der Waals surface area contributed by atoms with Crippen LogP contribution in [0.4, 0.5) is 4.79 Å². The molecule has 0 aromatic rings. The van der Waals surface area contributed by atoms with E-state index in [1.165, 1.54) is 25.5 Å². The van der Waals surface area contributed by atoms with Gasteiger partial charge in [-0.3, -0.25) is 4.90 Å². The van der Waals surface area contributed by atoms with Gasteiger partial charge >= 0.3 is 6.03 Å². The van der Waals surface area contributed by atoms with Gasteiger partial charge in [0.2, 0.25) is 10.0 Å². The number of nitrogens with zero attached hydrogens (tertiary/aromatic N) is 2. The zero-order valence-corrected chi connectivity index (χ0v) is 14.6. The second-order valence-electron chi connectivity index (χ2n) is 7.12. The third-order valence-electron chi connectivity index (χ3n) is 5.25. The van der Waals surface area contributed by atoms with Crippen LogP contribution in [-0.2, 0) is 10.0 Å². The first-order valence-corrected chi connectivity index (χ1v) is 10.6. The molecule has 3 rings (SSSR count). The van der Waals surface area contributed by atoms with Crippen molar-refractivity contribution in [1.29, 1.82) is 0 Å². The maximum Gasteiger partial charge on any atom is 0.317 e. The van der Waals surface area contributed by atoms with E-state index in [1.807, 2.05) is 0 Å². The Morgan fingerprint density at radius 1 is 1.04 bits per heavy atom. The molecular formula is C15H28N4O3S. The summed E-state index contributed by atoms with van der Waals surface area (Å²) in [5.41, 5.74) is 0. The van der Waals surface area contributed by atoms with E-state index in [4.69, 9.17) is 0 Å². The van der Waals surface area contributed by atoms with Gasteiger partial charge in [-0.05, 0) is 38.6 Å². The van der Waals surface area contributed by atoms with Crippen LogP contribution in [0.25, 0.3) is 0 Å². The molecule has 3 fully saturated rings. The van der Waals surface area contributed by atoms with Crippen molar-refractivity contribution >= 4 is 16.1 Å². The molecule has 8 heteroatoms. The molecule has 23 heavy (non-hydrogen) atoms. The van der Waals surface area contributed by atoms with Gasteiger partial charge in [0.15, 0.2) is 0 Å². The predicted molar refractivity (Wildman–Crippen MR) is 88.7 cm³/mol. The average Bonchev–Trinajstić information content (AvgIpc) is 2.89. The number of nitrogens with one attached hydrogen (secondary N) is 2. The Morgan fingerprint density at radius 2 is 1.87 bits per heavy atom. The summed E-state index contributed by atoms with van der Waals surface area (Å²) in [5.74, 6) is 0. The summed E-state index contributed by atoms with van der Waals surface area (Å²) in [7, 11) is -3.23. The van der Waals surface area contributed by atoms with Crippen molar-refractivity contribution in [2.45, 2.75) is 56.7 Å². The van der Waals surface area contributed by atoms with Gasteiger partial charge in [-0.1, -0.05) is 6.42 Å². The highest BCUT2D eigenvalue weighted by Crippen LogP contribution is 2.27. The van der Waals surface area contributed by atoms with E-state index in [0.29, 0.717) is 19.1 Å². The second-order valence-corrected chi connectivity index (χ2v) is 8.90. The standard InChI is InChI=1S/C15H28N4O3S/c1-23(21,22)17-12-5-4-9-19(11-12)15(20)16-13-7-10-18-8-3-2-6-14(13)18/h12-14,17H,2-11H2,1H3,(H,16,20)/t12-,13-,14-/m1/s1. The fraction of sp³-hybridized carbons (Fsp3) is 0.933. The van der Waals surface area contributed by atoms with Crippen LogP contribution >= 0.6 is 0 Å². The Bertz CT molecular complexity index is 539. The molecule has 3 saturated heterocycles. The van der Waals surface area contributed by atoms with Crippen LogP contribution in [0.5, 0.6) is 0 Å². The zero-order chi connectivity index (χ0) is 16.4. The Hall–Kier alpha value is -0.860. The van der Waals surface area contributed by atoms with Crippen LogP contribution in [0.15, 0.2) is 0 Å². The Kier molecular flexibility index (Phi) is 5.13. The molecule has 3 aliphatic rings. The van der Waals surface area contributed by atoms with E-state index in [9.17, 15) is 13.2 Å². The van der Waals surface area contributed by atoms with Crippen molar-refractivity contribution < 1.29 is 13.2 Å². The monoisotopic (exact) mass is 344 g/mol. The van der Waals surface area contributed by atoms with Crippen LogP contribution in [0.2, 0.25) is 0 Å². The van der Waals surface area contributed by atoms with E-state index in [0.717, 1.165) is 32.4 Å². The number of amides is 2. The molecule has 3 atom stereocenters. The molecule has 0 saturated carbocycles. The average molecular weight is 344 g/mol. The molecule has 0 aromatic heterocycles. The van der Waals surface area contributed by atoms with Gasteiger partial charge in [-0.25, -0.2) is 17.9 Å². The fourth-order valence-electron chi connectivity index (χ4n) is 4.23. The van der Waals surface area contributed by atoms with Gasteiger partial charge in [0.1, 0.15) is 0 Å². The fourth-order valence-corrected chi connectivity index (χ4v) is 5.02. The van der Waals surface area contributed by atoms with Crippen molar-refractivity contribution in [2.75, 3.05) is 32.4 Å². The summed E-state index contributed by atoms with van der Waals surface area (Å²) < 4.78 is 25.4. The molecule has 0 unspecified atom stereocenters. The van der Waals surface area contributed by atoms with Crippen molar-refractivity contribution in [1.82, 2.24) is 19.8 Å². The first-order valence-electron chi connectivity index (χ1n) is 8.69. The molecule has 2 amide bonds. The number of rotatable bonds is 3. The van der Waals surface area contributed by atoms with Gasteiger partial charge < -0.3 is 10.2 Å². The highest BCUT2D eigenvalue weighted by atomic mass is 32.2. The first-order chi connectivity index (χ1) is 10.9. The van der Waals surface area contributed by atoms with Crippen LogP contribution in [0.1, 0.15) is 38.5 Å². The third kappa shape index (κ3) is 4.36. The lowest BCUT2D eigenvalue weighted by Gasteiger charge is -2.36. The molecule has 0 bridgehead atoms. The Morgan fingerprint density at radius 3 is 2.65 bits per heavy atom. The Balaban J connectivity index is 1.53. The molecule has 0 aliphatic carbocycles. The van der Waals surface area contributed by atoms with Crippen molar-refractivity contribution in [3.8, 4) is 0 Å². The summed E-state index contributed by atoms with van der Waals surface area (Å²) in [4.78, 5) is 16.8. The highest BCUT2D eigenvalue weighted by Gasteiger charge is 2.37. The summed E-state index contributed by atoms with van der Waals surface area (Å²) in [6.45, 7) is 3.39. The molecule has 0 aromatic carbocycles. The lowest BCUT2D eigenvalue weighted by Crippen LogP contribution is -2.55. The van der Waals surface area contributed by atoms with Crippen molar-refractivity contribution in [3.63, 3.8) is 0 Å². The second kappa shape index (κ2) is 6.94. The van der Waals surface area contributed by atoms with Crippen LogP contribution < -0.4 is 10.0 Å². The number of sulfonamides is 1. The van der Waals surface area contributed by atoms with E-state index in [2.05, 4.69) is 14.9 Å². The van der Waals surface area contributed by atoms with Gasteiger partial charge in [-0.15, -0.1) is 0 Å². The number of urea groups is 1. The van der Waals surface area contributed by atoms with Crippen LogP contribution in [0, 0.1) is 0 Å². The summed E-state index contributed by atoms with van der Waals surface area (Å²) in [6.07, 6.45) is 7.50. The number of fused-ring (bicyclic) bond motifs is 1. The Labute approximate surface area is 138 Å². The smallest absolute Gasteiger partial charge is 0.317 e. The number of likely N-dealkylation sites (tertiary alicyclic amines) is 1. The van der Waals surface area contributed by atoms with E-state index >= 15 is 0 Å². The van der Waals surface area contributed by atoms with Gasteiger partial charge in [0.25, 0.3) is 0 Å². The summed E-state index contributed by atoms with van der Waals surface area (Å²) in [5, 5.41) is 3.20. The van der Waals surface area contributed by atoms with Crippen molar-refractivity contribution in [2.24, 2.45) is 0 Å². The molecule has 2 N–H and O–H groups in total. The molecule has 132 valence electrons. The van der Waals surface area contributed by atoms with E-state index in [1.54, 1.807) is 4.90 Å². The minimum atomic E-state index is -3.23.